The van der Waals surface area contributed by atoms with E-state index in [0.717, 1.165) is 89.9 Å². The van der Waals surface area contributed by atoms with Crippen LogP contribution < -0.4 is 0 Å². The van der Waals surface area contributed by atoms with Crippen LogP contribution in [-0.4, -0.2) is 37.2 Å². The molecule has 71 heavy (non-hydrogen) atoms. The highest BCUT2D eigenvalue weighted by Gasteiger charge is 2.19. The second-order valence-corrected chi connectivity index (χ2v) is 18.5. The third-order valence-corrected chi connectivity index (χ3v) is 11.6. The number of allylic oxidation sites excluding steroid dienone is 22. The fourth-order valence-corrected chi connectivity index (χ4v) is 7.32. The number of unbranched alkanes of at least 4 members (excludes halogenated alkanes) is 17. The zero-order chi connectivity index (χ0) is 51.4. The van der Waals surface area contributed by atoms with Gasteiger partial charge in [0.2, 0.25) is 0 Å². The molecule has 0 rings (SSSR count). The van der Waals surface area contributed by atoms with Crippen LogP contribution in [0.3, 0.4) is 0 Å². The first-order chi connectivity index (χ1) is 35.0. The zero-order valence-corrected chi connectivity index (χ0v) is 45.7. The molecule has 0 fully saturated rings. The lowest BCUT2D eigenvalue weighted by molar-refractivity contribution is -0.167. The summed E-state index contributed by atoms with van der Waals surface area (Å²) in [5, 5.41) is 0. The summed E-state index contributed by atoms with van der Waals surface area (Å²) in [5.74, 6) is -1.05. The van der Waals surface area contributed by atoms with Gasteiger partial charge in [-0.1, -0.05) is 225 Å². The molecule has 0 aromatic heterocycles. The highest BCUT2D eigenvalue weighted by Crippen LogP contribution is 2.13. The lowest BCUT2D eigenvalue weighted by Gasteiger charge is -2.18. The van der Waals surface area contributed by atoms with Gasteiger partial charge in [-0.3, -0.25) is 14.4 Å². The summed E-state index contributed by atoms with van der Waals surface area (Å²) in [5.41, 5.74) is 0. The van der Waals surface area contributed by atoms with Crippen molar-refractivity contribution in [2.24, 2.45) is 0 Å². The molecule has 0 radical (unpaired) electrons. The Balaban J connectivity index is 4.58. The molecule has 6 nitrogen and oxygen atoms in total. The lowest BCUT2D eigenvalue weighted by atomic mass is 10.1. The first-order valence-corrected chi connectivity index (χ1v) is 28.7. The minimum absolute atomic E-state index is 0.130. The highest BCUT2D eigenvalue weighted by atomic mass is 16.6. The minimum atomic E-state index is -0.831. The van der Waals surface area contributed by atoms with Crippen molar-refractivity contribution in [2.45, 2.75) is 245 Å². The van der Waals surface area contributed by atoms with Crippen LogP contribution in [0.4, 0.5) is 0 Å². The van der Waals surface area contributed by atoms with E-state index in [0.29, 0.717) is 19.3 Å². The summed E-state index contributed by atoms with van der Waals surface area (Å²) in [6, 6.07) is 0. The van der Waals surface area contributed by atoms with Crippen molar-refractivity contribution < 1.29 is 28.6 Å². The molecule has 0 saturated carbocycles. The van der Waals surface area contributed by atoms with E-state index < -0.39 is 6.10 Å². The van der Waals surface area contributed by atoms with Gasteiger partial charge in [0, 0.05) is 19.3 Å². The largest absolute Gasteiger partial charge is 0.462 e. The Morgan fingerprint density at radius 3 is 0.901 bits per heavy atom. The van der Waals surface area contributed by atoms with Crippen LogP contribution in [0.2, 0.25) is 0 Å². The quantitative estimate of drug-likeness (QED) is 0.0262. The normalized spacial score (nSPS) is 13.1. The maximum atomic E-state index is 12.9. The van der Waals surface area contributed by atoms with Crippen molar-refractivity contribution in [3.8, 4) is 0 Å². The van der Waals surface area contributed by atoms with Crippen molar-refractivity contribution in [2.75, 3.05) is 13.2 Å². The molecule has 0 aliphatic carbocycles. The number of hydrogen-bond acceptors (Lipinski definition) is 6. The fourth-order valence-electron chi connectivity index (χ4n) is 7.32. The monoisotopic (exact) mass is 981 g/mol. The topological polar surface area (TPSA) is 78.9 Å². The third kappa shape index (κ3) is 56.3. The van der Waals surface area contributed by atoms with E-state index in [2.05, 4.69) is 154 Å². The second-order valence-electron chi connectivity index (χ2n) is 18.5. The van der Waals surface area contributed by atoms with Crippen molar-refractivity contribution in [3.05, 3.63) is 134 Å². The maximum absolute atomic E-state index is 12.9. The molecular formula is C65H104O6. The second kappa shape index (κ2) is 58.1. The molecule has 0 aliphatic rings. The van der Waals surface area contributed by atoms with Crippen LogP contribution in [0.15, 0.2) is 134 Å². The predicted molar refractivity (Wildman–Crippen MR) is 306 cm³/mol. The molecule has 0 unspecified atom stereocenters. The molecule has 400 valence electrons. The van der Waals surface area contributed by atoms with Crippen molar-refractivity contribution >= 4 is 17.9 Å². The Hall–Kier alpha value is -4.45. The Morgan fingerprint density at radius 2 is 0.563 bits per heavy atom. The van der Waals surface area contributed by atoms with Crippen LogP contribution in [0.5, 0.6) is 0 Å². The van der Waals surface area contributed by atoms with Crippen molar-refractivity contribution in [3.63, 3.8) is 0 Å². The van der Waals surface area contributed by atoms with E-state index in [1.54, 1.807) is 0 Å². The number of carbonyl (C=O) groups excluding carboxylic acids is 3. The van der Waals surface area contributed by atoms with Crippen LogP contribution in [0.25, 0.3) is 0 Å². The molecule has 0 heterocycles. The summed E-state index contributed by atoms with van der Waals surface area (Å²) in [4.78, 5) is 38.1. The lowest BCUT2D eigenvalue weighted by Crippen LogP contribution is -2.30. The van der Waals surface area contributed by atoms with Crippen LogP contribution >= 0.6 is 0 Å². The molecule has 0 N–H and O–H groups in total. The minimum Gasteiger partial charge on any atom is -0.462 e. The van der Waals surface area contributed by atoms with Gasteiger partial charge < -0.3 is 14.2 Å². The van der Waals surface area contributed by atoms with Crippen LogP contribution in [0.1, 0.15) is 239 Å². The van der Waals surface area contributed by atoms with Gasteiger partial charge in [0.05, 0.1) is 0 Å². The van der Waals surface area contributed by atoms with Gasteiger partial charge in [0.1, 0.15) is 13.2 Å². The van der Waals surface area contributed by atoms with Crippen LogP contribution in [0, 0.1) is 0 Å². The average molecular weight is 982 g/mol. The maximum Gasteiger partial charge on any atom is 0.306 e. The first-order valence-electron chi connectivity index (χ1n) is 28.7. The predicted octanol–water partition coefficient (Wildman–Crippen LogP) is 19.4. The molecule has 6 heteroatoms. The molecule has 0 aromatic carbocycles. The third-order valence-electron chi connectivity index (χ3n) is 11.6. The Bertz CT molecular complexity index is 1550. The van der Waals surface area contributed by atoms with Gasteiger partial charge >= 0.3 is 17.9 Å². The summed E-state index contributed by atoms with van der Waals surface area (Å²) < 4.78 is 16.8. The SMILES string of the molecule is CC/C=C\C/C=C\C/C=C\C/C=C\C/C=C\CCCC(=O)OC[C@H](COC(=O)CCC/C=C\C/C=C\C/C=C\C/C=C\CCCCC)OC(=O)CCCCCCCCCCC/C=C\C/C=C\CCCCC. The number of esters is 3. The van der Waals surface area contributed by atoms with Crippen molar-refractivity contribution in [1.82, 2.24) is 0 Å². The number of ether oxygens (including phenoxy) is 3. The summed E-state index contributed by atoms with van der Waals surface area (Å²) in [7, 11) is 0. The average Bonchev–Trinajstić information content (AvgIpc) is 3.37. The standard InChI is InChI=1S/C65H104O6/c1-4-7-10-13-16-19-22-25-28-31-32-35-38-41-44-47-50-53-56-59-65(68)71-62(60-69-63(66)57-54-51-48-45-42-39-36-33-29-26-23-20-17-14-11-8-5-2)61-70-64(67)58-55-52-49-46-43-40-37-34-30-27-24-21-18-15-12-9-6-3/h8,11,16-21,25-30,36-37,39-40,45-46,48-49,62H,4-7,9-10,12-15,22-24,31-35,38,41-44,47,50-61H2,1-3H3/b11-8-,19-16-,20-17-,21-18-,28-25-,29-26-,30-27-,39-36-,40-37-,48-45-,49-46-/t62-/m1/s1. The Kier molecular flexibility index (Phi) is 54.5. The number of hydrogen-bond donors (Lipinski definition) is 0. The van der Waals surface area contributed by atoms with E-state index in [4.69, 9.17) is 14.2 Å². The van der Waals surface area contributed by atoms with E-state index in [9.17, 15) is 14.4 Å². The molecule has 1 atom stereocenters. The molecule has 0 saturated heterocycles. The van der Waals surface area contributed by atoms with E-state index in [-0.39, 0.29) is 44.0 Å². The molecule has 0 amide bonds. The molecule has 0 aromatic rings. The molecule has 0 aliphatic heterocycles. The van der Waals surface area contributed by atoms with E-state index in [1.807, 2.05) is 0 Å². The zero-order valence-electron chi connectivity index (χ0n) is 45.7. The van der Waals surface area contributed by atoms with Gasteiger partial charge in [-0.2, -0.15) is 0 Å². The highest BCUT2D eigenvalue weighted by molar-refractivity contribution is 5.71. The first kappa shape index (κ1) is 66.6. The summed E-state index contributed by atoms with van der Waals surface area (Å²) >= 11 is 0. The van der Waals surface area contributed by atoms with Gasteiger partial charge in [-0.15, -0.1) is 0 Å². The van der Waals surface area contributed by atoms with Crippen molar-refractivity contribution in [1.29, 1.82) is 0 Å². The van der Waals surface area contributed by atoms with Gasteiger partial charge in [0.15, 0.2) is 6.10 Å². The van der Waals surface area contributed by atoms with E-state index >= 15 is 0 Å². The number of rotatable bonds is 50. The summed E-state index contributed by atoms with van der Waals surface area (Å²) in [6.07, 6.45) is 81.6. The molecular weight excluding hydrogens is 877 g/mol. The summed E-state index contributed by atoms with van der Waals surface area (Å²) in [6.45, 7) is 6.37. The Labute approximate surface area is 436 Å². The van der Waals surface area contributed by atoms with Gasteiger partial charge in [-0.05, 0) is 128 Å². The Morgan fingerprint density at radius 1 is 0.296 bits per heavy atom. The van der Waals surface area contributed by atoms with Crippen LogP contribution in [-0.2, 0) is 28.6 Å². The smallest absolute Gasteiger partial charge is 0.306 e. The van der Waals surface area contributed by atoms with Gasteiger partial charge in [0.25, 0.3) is 0 Å². The molecule has 0 spiro atoms. The van der Waals surface area contributed by atoms with Gasteiger partial charge in [-0.25, -0.2) is 0 Å². The fraction of sp³-hybridized carbons (Fsp3) is 0.615. The number of carbonyl (C=O) groups is 3. The molecule has 0 bridgehead atoms. The van der Waals surface area contributed by atoms with E-state index in [1.165, 1.54) is 96.3 Å².